The molecule has 0 aromatic carbocycles. The molecule has 1 fully saturated rings. The number of likely N-dealkylation sites (N-methyl/N-ethyl adjacent to an activating group) is 1. The summed E-state index contributed by atoms with van der Waals surface area (Å²) in [4.78, 5) is 3.74. The van der Waals surface area contributed by atoms with Gasteiger partial charge in [0.1, 0.15) is 0 Å². The van der Waals surface area contributed by atoms with Crippen LogP contribution in [0, 0.1) is 6.92 Å². The Bertz CT molecular complexity index is 347. The van der Waals surface area contributed by atoms with E-state index in [4.69, 9.17) is 10.5 Å². The van der Waals surface area contributed by atoms with Crippen molar-refractivity contribution in [1.82, 2.24) is 4.90 Å². The summed E-state index contributed by atoms with van der Waals surface area (Å²) in [6, 6.07) is 2.50. The Morgan fingerprint density at radius 2 is 2.47 bits per heavy atom. The Morgan fingerprint density at radius 1 is 1.65 bits per heavy atom. The van der Waals surface area contributed by atoms with Crippen molar-refractivity contribution < 1.29 is 4.74 Å². The highest BCUT2D eigenvalue weighted by molar-refractivity contribution is 7.10. The first-order chi connectivity index (χ1) is 8.22. The molecular formula is C13H22N2OS. The molecule has 0 radical (unpaired) electrons. The minimum absolute atomic E-state index is 0.333. The molecule has 2 heterocycles. The number of nitrogens with two attached hydrogens (primary N) is 1. The molecule has 2 N–H and O–H groups in total. The van der Waals surface area contributed by atoms with Crippen LogP contribution in [0.3, 0.4) is 0 Å². The molecule has 96 valence electrons. The predicted molar refractivity (Wildman–Crippen MR) is 72.5 cm³/mol. The molecular weight excluding hydrogens is 232 g/mol. The summed E-state index contributed by atoms with van der Waals surface area (Å²) in [6.07, 6.45) is 2.78. The van der Waals surface area contributed by atoms with Gasteiger partial charge >= 0.3 is 0 Å². The Kier molecular flexibility index (Phi) is 4.56. The largest absolute Gasteiger partial charge is 0.377 e. The molecule has 17 heavy (non-hydrogen) atoms. The summed E-state index contributed by atoms with van der Waals surface area (Å²) in [5.74, 6) is 0. The lowest BCUT2D eigenvalue weighted by Crippen LogP contribution is -2.35. The first-order valence-electron chi connectivity index (χ1n) is 6.28. The van der Waals surface area contributed by atoms with E-state index in [9.17, 15) is 0 Å². The molecule has 0 aliphatic carbocycles. The number of hydrogen-bond donors (Lipinski definition) is 1. The molecule has 2 atom stereocenters. The van der Waals surface area contributed by atoms with Crippen LogP contribution in [0.4, 0.5) is 0 Å². The Morgan fingerprint density at radius 3 is 3.00 bits per heavy atom. The standard InChI is InChI=1S/C13H22N2OS/c1-10-5-7-17-13(10)12(8-14)15(2)9-11-4-3-6-16-11/h5,7,11-12H,3-4,6,8-9,14H2,1-2H3. The van der Waals surface area contributed by atoms with E-state index in [1.54, 1.807) is 11.3 Å². The van der Waals surface area contributed by atoms with Gasteiger partial charge in [0, 0.05) is 24.6 Å². The maximum absolute atomic E-state index is 5.93. The van der Waals surface area contributed by atoms with Crippen LogP contribution in [-0.2, 0) is 4.74 Å². The van der Waals surface area contributed by atoms with Crippen molar-refractivity contribution in [2.45, 2.75) is 31.9 Å². The van der Waals surface area contributed by atoms with E-state index < -0.39 is 0 Å². The van der Waals surface area contributed by atoms with Gasteiger partial charge in [-0.2, -0.15) is 0 Å². The van der Waals surface area contributed by atoms with Gasteiger partial charge in [0.2, 0.25) is 0 Å². The molecule has 1 aromatic heterocycles. The first-order valence-corrected chi connectivity index (χ1v) is 7.16. The SMILES string of the molecule is Cc1ccsc1C(CN)N(C)CC1CCCO1. The third-order valence-corrected chi connectivity index (χ3v) is 4.60. The van der Waals surface area contributed by atoms with Gasteiger partial charge in [0.25, 0.3) is 0 Å². The second-order valence-electron chi connectivity index (χ2n) is 4.79. The zero-order chi connectivity index (χ0) is 12.3. The van der Waals surface area contributed by atoms with Gasteiger partial charge in [-0.1, -0.05) is 0 Å². The molecule has 4 heteroatoms. The fraction of sp³-hybridized carbons (Fsp3) is 0.692. The van der Waals surface area contributed by atoms with Crippen LogP contribution < -0.4 is 5.73 Å². The summed E-state index contributed by atoms with van der Waals surface area (Å²) in [5, 5.41) is 2.15. The van der Waals surface area contributed by atoms with Crippen molar-refractivity contribution >= 4 is 11.3 Å². The summed E-state index contributed by atoms with van der Waals surface area (Å²) in [6.45, 7) is 4.74. The van der Waals surface area contributed by atoms with Gasteiger partial charge in [-0.25, -0.2) is 0 Å². The number of aryl methyl sites for hydroxylation is 1. The van der Waals surface area contributed by atoms with Gasteiger partial charge in [-0.05, 0) is 43.8 Å². The molecule has 0 bridgehead atoms. The fourth-order valence-electron chi connectivity index (χ4n) is 2.45. The van der Waals surface area contributed by atoms with Crippen molar-refractivity contribution in [3.05, 3.63) is 21.9 Å². The minimum atomic E-state index is 0.333. The van der Waals surface area contributed by atoms with Crippen LogP contribution >= 0.6 is 11.3 Å². The van der Waals surface area contributed by atoms with Gasteiger partial charge in [-0.15, -0.1) is 11.3 Å². The number of ether oxygens (including phenoxy) is 1. The van der Waals surface area contributed by atoms with E-state index >= 15 is 0 Å². The zero-order valence-corrected chi connectivity index (χ0v) is 11.5. The molecule has 1 saturated heterocycles. The summed E-state index contributed by atoms with van der Waals surface area (Å²) >= 11 is 1.81. The third-order valence-electron chi connectivity index (χ3n) is 3.48. The molecule has 2 unspecified atom stereocenters. The zero-order valence-electron chi connectivity index (χ0n) is 10.7. The van der Waals surface area contributed by atoms with Gasteiger partial charge < -0.3 is 10.5 Å². The molecule has 3 nitrogen and oxygen atoms in total. The van der Waals surface area contributed by atoms with Crippen LogP contribution in [0.25, 0.3) is 0 Å². The number of thiophene rings is 1. The predicted octanol–water partition coefficient (Wildman–Crippen LogP) is 2.17. The highest BCUT2D eigenvalue weighted by atomic mass is 32.1. The highest BCUT2D eigenvalue weighted by Crippen LogP contribution is 2.28. The van der Waals surface area contributed by atoms with Crippen LogP contribution in [-0.4, -0.2) is 37.7 Å². The highest BCUT2D eigenvalue weighted by Gasteiger charge is 2.23. The minimum Gasteiger partial charge on any atom is -0.377 e. The molecule has 0 saturated carbocycles. The average Bonchev–Trinajstić information content (AvgIpc) is 2.92. The monoisotopic (exact) mass is 254 g/mol. The summed E-state index contributed by atoms with van der Waals surface area (Å²) in [7, 11) is 2.15. The Labute approximate surface area is 108 Å². The van der Waals surface area contributed by atoms with Crippen LogP contribution in [0.2, 0.25) is 0 Å². The van der Waals surface area contributed by atoms with Gasteiger partial charge in [0.15, 0.2) is 0 Å². The molecule has 1 aliphatic heterocycles. The van der Waals surface area contributed by atoms with Crippen molar-refractivity contribution in [3.63, 3.8) is 0 Å². The van der Waals surface area contributed by atoms with E-state index in [0.717, 1.165) is 13.2 Å². The third kappa shape index (κ3) is 3.07. The average molecular weight is 254 g/mol. The number of nitrogens with zero attached hydrogens (tertiary/aromatic N) is 1. The lowest BCUT2D eigenvalue weighted by atomic mass is 10.1. The van der Waals surface area contributed by atoms with Gasteiger partial charge in [-0.3, -0.25) is 4.90 Å². The Balaban J connectivity index is 1.99. The van der Waals surface area contributed by atoms with E-state index in [1.807, 2.05) is 0 Å². The molecule has 0 amide bonds. The molecule has 1 aromatic rings. The maximum atomic E-state index is 5.93. The maximum Gasteiger partial charge on any atom is 0.0702 e. The lowest BCUT2D eigenvalue weighted by molar-refractivity contribution is 0.0693. The van der Waals surface area contributed by atoms with E-state index in [1.165, 1.54) is 23.3 Å². The fourth-order valence-corrected chi connectivity index (χ4v) is 3.56. The molecule has 2 rings (SSSR count). The van der Waals surface area contributed by atoms with Gasteiger partial charge in [0.05, 0.1) is 12.1 Å². The summed E-state index contributed by atoms with van der Waals surface area (Å²) < 4.78 is 5.69. The number of hydrogen-bond acceptors (Lipinski definition) is 4. The van der Waals surface area contributed by atoms with Crippen molar-refractivity contribution in [2.75, 3.05) is 26.7 Å². The van der Waals surface area contributed by atoms with Crippen molar-refractivity contribution in [2.24, 2.45) is 5.73 Å². The van der Waals surface area contributed by atoms with E-state index in [-0.39, 0.29) is 0 Å². The second kappa shape index (κ2) is 5.96. The molecule has 1 aliphatic rings. The van der Waals surface area contributed by atoms with Crippen molar-refractivity contribution in [3.8, 4) is 0 Å². The van der Waals surface area contributed by atoms with Crippen LogP contribution in [0.1, 0.15) is 29.3 Å². The van der Waals surface area contributed by atoms with Crippen LogP contribution in [0.15, 0.2) is 11.4 Å². The smallest absolute Gasteiger partial charge is 0.0702 e. The normalized spacial score (nSPS) is 22.2. The quantitative estimate of drug-likeness (QED) is 0.875. The number of rotatable bonds is 5. The molecule has 0 spiro atoms. The topological polar surface area (TPSA) is 38.5 Å². The lowest BCUT2D eigenvalue weighted by Gasteiger charge is -2.28. The van der Waals surface area contributed by atoms with E-state index in [0.29, 0.717) is 18.7 Å². The summed E-state index contributed by atoms with van der Waals surface area (Å²) in [5.41, 5.74) is 7.28. The Hall–Kier alpha value is -0.420. The second-order valence-corrected chi connectivity index (χ2v) is 5.74. The van der Waals surface area contributed by atoms with E-state index in [2.05, 4.69) is 30.3 Å². The van der Waals surface area contributed by atoms with Crippen molar-refractivity contribution in [1.29, 1.82) is 0 Å². The first kappa shape index (κ1) is 13.0. The van der Waals surface area contributed by atoms with Crippen LogP contribution in [0.5, 0.6) is 0 Å².